The van der Waals surface area contributed by atoms with Crippen molar-refractivity contribution in [2.24, 2.45) is 0 Å². The third-order valence-electron chi connectivity index (χ3n) is 2.70. The lowest BCUT2D eigenvalue weighted by Crippen LogP contribution is -2.15. The van der Waals surface area contributed by atoms with Crippen LogP contribution in [0.15, 0.2) is 45.8 Å². The standard InChI is InChI=1S/C15H14N2O5/c1-9(18)16-10-3-5-11(6-4-10)17-15(20)13-7-12(19)14(21-2)8-22-13/h3-8H,1-2H3,(H,16,18)(H,17,20). The molecule has 1 aromatic carbocycles. The molecular weight excluding hydrogens is 288 g/mol. The Bertz CT molecular complexity index is 749. The van der Waals surface area contributed by atoms with Gasteiger partial charge in [-0.25, -0.2) is 0 Å². The summed E-state index contributed by atoms with van der Waals surface area (Å²) in [5, 5.41) is 5.19. The minimum atomic E-state index is -0.563. The summed E-state index contributed by atoms with van der Waals surface area (Å²) >= 11 is 0. The maximum Gasteiger partial charge on any atom is 0.291 e. The number of hydrogen-bond donors (Lipinski definition) is 2. The van der Waals surface area contributed by atoms with E-state index in [1.165, 1.54) is 14.0 Å². The topological polar surface area (TPSA) is 97.6 Å². The predicted octanol–water partition coefficient (Wildman–Crippen LogP) is 1.86. The van der Waals surface area contributed by atoms with E-state index in [0.717, 1.165) is 12.3 Å². The quantitative estimate of drug-likeness (QED) is 0.898. The first kappa shape index (κ1) is 15.3. The molecule has 2 aromatic rings. The Morgan fingerprint density at radius 2 is 1.68 bits per heavy atom. The lowest BCUT2D eigenvalue weighted by atomic mass is 10.2. The van der Waals surface area contributed by atoms with E-state index >= 15 is 0 Å². The number of rotatable bonds is 4. The molecule has 0 saturated heterocycles. The van der Waals surface area contributed by atoms with Crippen molar-refractivity contribution in [1.82, 2.24) is 0 Å². The van der Waals surface area contributed by atoms with E-state index in [0.29, 0.717) is 11.4 Å². The fourth-order valence-corrected chi connectivity index (χ4v) is 1.70. The van der Waals surface area contributed by atoms with E-state index in [1.54, 1.807) is 24.3 Å². The highest BCUT2D eigenvalue weighted by molar-refractivity contribution is 6.02. The van der Waals surface area contributed by atoms with Gasteiger partial charge in [0.05, 0.1) is 7.11 Å². The van der Waals surface area contributed by atoms with Crippen molar-refractivity contribution in [3.63, 3.8) is 0 Å². The second-order valence-electron chi connectivity index (χ2n) is 4.39. The molecular formula is C15H14N2O5. The molecule has 0 aliphatic rings. The van der Waals surface area contributed by atoms with Crippen molar-refractivity contribution in [3.05, 3.63) is 52.6 Å². The second-order valence-corrected chi connectivity index (χ2v) is 4.39. The SMILES string of the molecule is COc1coc(C(=O)Nc2ccc(NC(C)=O)cc2)cc1=O. The number of carbonyl (C=O) groups is 2. The van der Waals surface area contributed by atoms with Gasteiger partial charge in [0.2, 0.25) is 17.1 Å². The predicted molar refractivity (Wildman–Crippen MR) is 80.2 cm³/mol. The summed E-state index contributed by atoms with van der Waals surface area (Å²) in [7, 11) is 1.34. The molecule has 0 aliphatic heterocycles. The van der Waals surface area contributed by atoms with Gasteiger partial charge in [-0.3, -0.25) is 14.4 Å². The van der Waals surface area contributed by atoms with Gasteiger partial charge in [-0.2, -0.15) is 0 Å². The smallest absolute Gasteiger partial charge is 0.291 e. The van der Waals surface area contributed by atoms with Crippen LogP contribution in [0.1, 0.15) is 17.5 Å². The zero-order valence-electron chi connectivity index (χ0n) is 12.0. The fraction of sp³-hybridized carbons (Fsp3) is 0.133. The molecule has 114 valence electrons. The Hall–Kier alpha value is -3.09. The Labute approximate surface area is 125 Å². The number of carbonyl (C=O) groups excluding carboxylic acids is 2. The zero-order valence-corrected chi connectivity index (χ0v) is 12.0. The zero-order chi connectivity index (χ0) is 16.1. The molecule has 0 atom stereocenters. The van der Waals surface area contributed by atoms with Crippen LogP contribution in [0.2, 0.25) is 0 Å². The minimum absolute atomic E-state index is 0.0243. The van der Waals surface area contributed by atoms with Crippen LogP contribution in [0.25, 0.3) is 0 Å². The van der Waals surface area contributed by atoms with Gasteiger partial charge in [-0.05, 0) is 24.3 Å². The first-order valence-corrected chi connectivity index (χ1v) is 6.35. The number of anilines is 2. The maximum absolute atomic E-state index is 12.0. The van der Waals surface area contributed by atoms with Crippen molar-refractivity contribution >= 4 is 23.2 Å². The fourth-order valence-electron chi connectivity index (χ4n) is 1.70. The van der Waals surface area contributed by atoms with Crippen LogP contribution in [0.5, 0.6) is 5.75 Å². The Balaban J connectivity index is 2.10. The summed E-state index contributed by atoms with van der Waals surface area (Å²) in [4.78, 5) is 34.5. The van der Waals surface area contributed by atoms with Crippen LogP contribution in [0.3, 0.4) is 0 Å². The highest BCUT2D eigenvalue weighted by Crippen LogP contribution is 2.15. The summed E-state index contributed by atoms with van der Waals surface area (Å²) < 4.78 is 9.82. The average Bonchev–Trinajstić information content (AvgIpc) is 2.48. The lowest BCUT2D eigenvalue weighted by Gasteiger charge is -2.06. The Morgan fingerprint density at radius 1 is 1.09 bits per heavy atom. The van der Waals surface area contributed by atoms with Gasteiger partial charge < -0.3 is 19.8 Å². The van der Waals surface area contributed by atoms with Crippen molar-refractivity contribution < 1.29 is 18.7 Å². The second kappa shape index (κ2) is 6.57. The molecule has 1 aromatic heterocycles. The third kappa shape index (κ3) is 3.72. The molecule has 0 fully saturated rings. The van der Waals surface area contributed by atoms with Gasteiger partial charge in [0.15, 0.2) is 5.76 Å². The number of hydrogen-bond acceptors (Lipinski definition) is 5. The summed E-state index contributed by atoms with van der Waals surface area (Å²) in [6.45, 7) is 1.40. The largest absolute Gasteiger partial charge is 0.490 e. The highest BCUT2D eigenvalue weighted by Gasteiger charge is 2.12. The number of amides is 2. The third-order valence-corrected chi connectivity index (χ3v) is 2.70. The van der Waals surface area contributed by atoms with Crippen molar-refractivity contribution in [2.75, 3.05) is 17.7 Å². The highest BCUT2D eigenvalue weighted by atomic mass is 16.5. The molecule has 0 saturated carbocycles. The molecule has 0 aliphatic carbocycles. The first-order valence-electron chi connectivity index (χ1n) is 6.35. The van der Waals surface area contributed by atoms with Crippen molar-refractivity contribution in [1.29, 1.82) is 0 Å². The molecule has 7 nitrogen and oxygen atoms in total. The van der Waals surface area contributed by atoms with Crippen LogP contribution in [0.4, 0.5) is 11.4 Å². The van der Waals surface area contributed by atoms with E-state index in [4.69, 9.17) is 9.15 Å². The van der Waals surface area contributed by atoms with Crippen LogP contribution in [0, 0.1) is 0 Å². The molecule has 0 bridgehead atoms. The number of ether oxygens (including phenoxy) is 1. The van der Waals surface area contributed by atoms with Gasteiger partial charge >= 0.3 is 0 Å². The van der Waals surface area contributed by atoms with E-state index in [9.17, 15) is 14.4 Å². The van der Waals surface area contributed by atoms with Crippen molar-refractivity contribution in [3.8, 4) is 5.75 Å². The summed E-state index contributed by atoms with van der Waals surface area (Å²) in [6, 6.07) is 7.57. The van der Waals surface area contributed by atoms with E-state index in [1.807, 2.05) is 0 Å². The van der Waals surface area contributed by atoms with Crippen molar-refractivity contribution in [2.45, 2.75) is 6.92 Å². The van der Waals surface area contributed by atoms with E-state index < -0.39 is 11.3 Å². The van der Waals surface area contributed by atoms with Crippen LogP contribution in [-0.4, -0.2) is 18.9 Å². The molecule has 0 unspecified atom stereocenters. The van der Waals surface area contributed by atoms with Gasteiger partial charge in [-0.1, -0.05) is 0 Å². The molecule has 2 N–H and O–H groups in total. The lowest BCUT2D eigenvalue weighted by molar-refractivity contribution is -0.114. The molecule has 2 rings (SSSR count). The molecule has 0 spiro atoms. The Kier molecular flexibility index (Phi) is 4.57. The normalized spacial score (nSPS) is 9.91. The maximum atomic E-state index is 12.0. The monoisotopic (exact) mass is 302 g/mol. The minimum Gasteiger partial charge on any atom is -0.490 e. The van der Waals surface area contributed by atoms with Crippen LogP contribution >= 0.6 is 0 Å². The van der Waals surface area contributed by atoms with Gasteiger partial charge in [0.25, 0.3) is 5.91 Å². The van der Waals surface area contributed by atoms with Gasteiger partial charge in [0, 0.05) is 24.4 Å². The molecule has 1 heterocycles. The summed E-state index contributed by atoms with van der Waals surface area (Å²) in [5.74, 6) is -0.850. The molecule has 22 heavy (non-hydrogen) atoms. The van der Waals surface area contributed by atoms with E-state index in [-0.39, 0.29) is 17.4 Å². The number of nitrogens with one attached hydrogen (secondary N) is 2. The summed E-state index contributed by atoms with van der Waals surface area (Å²) in [5.41, 5.74) is 0.666. The van der Waals surface area contributed by atoms with Gasteiger partial charge in [0.1, 0.15) is 6.26 Å². The number of benzene rings is 1. The number of methoxy groups -OCH3 is 1. The Morgan fingerprint density at radius 3 is 2.18 bits per heavy atom. The molecule has 7 heteroatoms. The first-order chi connectivity index (χ1) is 10.5. The molecule has 0 radical (unpaired) electrons. The average molecular weight is 302 g/mol. The molecule has 2 amide bonds. The van der Waals surface area contributed by atoms with Gasteiger partial charge in [-0.15, -0.1) is 0 Å². The van der Waals surface area contributed by atoms with Crippen LogP contribution < -0.4 is 20.8 Å². The van der Waals surface area contributed by atoms with E-state index in [2.05, 4.69) is 10.6 Å². The van der Waals surface area contributed by atoms with Crippen LogP contribution in [-0.2, 0) is 4.79 Å². The summed E-state index contributed by atoms with van der Waals surface area (Å²) in [6.07, 6.45) is 1.08.